The number of anilines is 3. The van der Waals surface area contributed by atoms with Crippen LogP contribution in [-0.4, -0.2) is 48.3 Å². The second-order valence-electron chi connectivity index (χ2n) is 9.72. The molecule has 204 valence electrons. The summed E-state index contributed by atoms with van der Waals surface area (Å²) in [5.74, 6) is 1.83. The lowest BCUT2D eigenvalue weighted by Crippen LogP contribution is -2.43. The summed E-state index contributed by atoms with van der Waals surface area (Å²) in [5, 5.41) is 19.6. The van der Waals surface area contributed by atoms with Crippen LogP contribution in [0.15, 0.2) is 64.5 Å². The van der Waals surface area contributed by atoms with E-state index >= 15 is 0 Å². The molecular formula is C29H34N6O3S. The van der Waals surface area contributed by atoms with Gasteiger partial charge in [-0.2, -0.15) is 10.2 Å². The molecule has 3 aromatic rings. The zero-order valence-electron chi connectivity index (χ0n) is 22.4. The summed E-state index contributed by atoms with van der Waals surface area (Å²) < 4.78 is 10.9. The van der Waals surface area contributed by atoms with Crippen molar-refractivity contribution in [2.45, 2.75) is 55.2 Å². The summed E-state index contributed by atoms with van der Waals surface area (Å²) in [6.45, 7) is 5.39. The van der Waals surface area contributed by atoms with Gasteiger partial charge < -0.3 is 25.4 Å². The number of methoxy groups -OCH3 is 1. The summed E-state index contributed by atoms with van der Waals surface area (Å²) in [6, 6.07) is 18.4. The van der Waals surface area contributed by atoms with Crippen molar-refractivity contribution in [3.63, 3.8) is 0 Å². The van der Waals surface area contributed by atoms with Gasteiger partial charge in [0.2, 0.25) is 11.9 Å². The highest BCUT2D eigenvalue weighted by Gasteiger charge is 2.23. The van der Waals surface area contributed by atoms with E-state index in [0.717, 1.165) is 35.8 Å². The Morgan fingerprint density at radius 2 is 2.03 bits per heavy atom. The van der Waals surface area contributed by atoms with Gasteiger partial charge in [-0.1, -0.05) is 31.7 Å². The lowest BCUT2D eigenvalue weighted by atomic mass is 10.0. The van der Waals surface area contributed by atoms with Crippen molar-refractivity contribution < 1.29 is 14.3 Å². The van der Waals surface area contributed by atoms with E-state index in [1.54, 1.807) is 19.2 Å². The number of nitrogens with zero attached hydrogens (tertiary/aromatic N) is 3. The topological polar surface area (TPSA) is 121 Å². The number of ether oxygens (including phenoxy) is 2. The molecule has 0 aliphatic carbocycles. The molecule has 0 saturated carbocycles. The van der Waals surface area contributed by atoms with Crippen LogP contribution < -0.4 is 20.7 Å². The molecule has 1 fully saturated rings. The molecule has 9 nitrogen and oxygen atoms in total. The lowest BCUT2D eigenvalue weighted by Gasteiger charge is -2.22. The Balaban J connectivity index is 1.58. The number of nitriles is 1. The van der Waals surface area contributed by atoms with Gasteiger partial charge in [0, 0.05) is 29.8 Å². The van der Waals surface area contributed by atoms with Crippen LogP contribution >= 0.6 is 11.8 Å². The SMILES string of the molecule is COc1ccc(Sc2cc(Nc3cccc(C#N)c3)nc(N[C@@H](CC(C)C)C(=O)NCC3CCCO3)n2)cc1. The van der Waals surface area contributed by atoms with Crippen LogP contribution in [0.25, 0.3) is 0 Å². The predicted octanol–water partition coefficient (Wildman–Crippen LogP) is 5.37. The van der Waals surface area contributed by atoms with Gasteiger partial charge in [-0.3, -0.25) is 4.79 Å². The summed E-state index contributed by atoms with van der Waals surface area (Å²) in [7, 11) is 1.63. The number of nitrogens with one attached hydrogen (secondary N) is 3. The van der Waals surface area contributed by atoms with Gasteiger partial charge in [0.25, 0.3) is 0 Å². The fourth-order valence-electron chi connectivity index (χ4n) is 4.19. The number of aromatic nitrogens is 2. The molecule has 1 unspecified atom stereocenters. The molecule has 1 amide bonds. The molecule has 1 aliphatic heterocycles. The lowest BCUT2D eigenvalue weighted by molar-refractivity contribution is -0.122. The van der Waals surface area contributed by atoms with Crippen molar-refractivity contribution in [3.05, 3.63) is 60.2 Å². The van der Waals surface area contributed by atoms with Gasteiger partial charge in [0.05, 0.1) is 24.8 Å². The maximum Gasteiger partial charge on any atom is 0.242 e. The van der Waals surface area contributed by atoms with Crippen molar-refractivity contribution in [2.24, 2.45) is 5.92 Å². The van der Waals surface area contributed by atoms with Gasteiger partial charge >= 0.3 is 0 Å². The third-order valence-corrected chi connectivity index (χ3v) is 7.03. The van der Waals surface area contributed by atoms with Crippen molar-refractivity contribution in [1.29, 1.82) is 5.26 Å². The van der Waals surface area contributed by atoms with E-state index in [1.165, 1.54) is 11.8 Å². The Kier molecular flexibility index (Phi) is 10.00. The minimum Gasteiger partial charge on any atom is -0.497 e. The molecular weight excluding hydrogens is 512 g/mol. The predicted molar refractivity (Wildman–Crippen MR) is 152 cm³/mol. The number of hydrogen-bond acceptors (Lipinski definition) is 9. The van der Waals surface area contributed by atoms with E-state index in [2.05, 4.69) is 40.9 Å². The number of benzene rings is 2. The highest BCUT2D eigenvalue weighted by molar-refractivity contribution is 7.99. The van der Waals surface area contributed by atoms with Crippen LogP contribution in [-0.2, 0) is 9.53 Å². The highest BCUT2D eigenvalue weighted by Crippen LogP contribution is 2.31. The Bertz CT molecular complexity index is 1290. The largest absolute Gasteiger partial charge is 0.497 e. The normalized spacial score (nSPS) is 15.4. The molecule has 0 bridgehead atoms. The van der Waals surface area contributed by atoms with Crippen molar-refractivity contribution in [1.82, 2.24) is 15.3 Å². The Hall–Kier alpha value is -3.81. The maximum atomic E-state index is 13.2. The fourth-order valence-corrected chi connectivity index (χ4v) is 5.00. The second kappa shape index (κ2) is 13.8. The van der Waals surface area contributed by atoms with Gasteiger partial charge in [0.1, 0.15) is 22.6 Å². The van der Waals surface area contributed by atoms with Crippen LogP contribution in [0, 0.1) is 17.2 Å². The van der Waals surface area contributed by atoms with Gasteiger partial charge in [-0.05, 0) is 67.6 Å². The average molecular weight is 547 g/mol. The molecule has 2 aromatic carbocycles. The van der Waals surface area contributed by atoms with E-state index in [0.29, 0.717) is 35.3 Å². The van der Waals surface area contributed by atoms with E-state index in [1.807, 2.05) is 42.5 Å². The third kappa shape index (κ3) is 8.60. The Labute approximate surface area is 233 Å². The molecule has 39 heavy (non-hydrogen) atoms. The smallest absolute Gasteiger partial charge is 0.242 e. The fraction of sp³-hybridized carbons (Fsp3) is 0.379. The van der Waals surface area contributed by atoms with Gasteiger partial charge in [-0.15, -0.1) is 0 Å². The molecule has 2 atom stereocenters. The minimum absolute atomic E-state index is 0.0640. The molecule has 2 heterocycles. The first-order valence-corrected chi connectivity index (χ1v) is 13.9. The average Bonchev–Trinajstić information content (AvgIpc) is 3.45. The minimum atomic E-state index is -0.512. The highest BCUT2D eigenvalue weighted by atomic mass is 32.2. The molecule has 1 aliphatic rings. The van der Waals surface area contributed by atoms with Crippen LogP contribution in [0.2, 0.25) is 0 Å². The van der Waals surface area contributed by atoms with Crippen molar-refractivity contribution >= 4 is 35.1 Å². The van der Waals surface area contributed by atoms with Crippen molar-refractivity contribution in [2.75, 3.05) is 30.9 Å². The Morgan fingerprint density at radius 1 is 1.21 bits per heavy atom. The van der Waals surface area contributed by atoms with Crippen LogP contribution in [0.5, 0.6) is 5.75 Å². The summed E-state index contributed by atoms with van der Waals surface area (Å²) in [6.07, 6.45) is 2.66. The molecule has 1 aromatic heterocycles. The summed E-state index contributed by atoms with van der Waals surface area (Å²) in [5.41, 5.74) is 1.27. The number of hydrogen-bond donors (Lipinski definition) is 3. The number of carbonyl (C=O) groups is 1. The van der Waals surface area contributed by atoms with E-state index in [4.69, 9.17) is 14.5 Å². The first-order valence-electron chi connectivity index (χ1n) is 13.1. The van der Waals surface area contributed by atoms with E-state index < -0.39 is 6.04 Å². The number of rotatable bonds is 12. The van der Waals surface area contributed by atoms with Crippen molar-refractivity contribution in [3.8, 4) is 11.8 Å². The standard InChI is InChI=1S/C29H34N6O3S/c1-19(2)14-25(28(36)31-18-23-8-5-13-38-23)33-29-34-26(32-21-7-4-6-20(15-21)17-30)16-27(35-29)39-24-11-9-22(37-3)10-12-24/h4,6-7,9-12,15-16,19,23,25H,5,8,13-14,18H2,1-3H3,(H,31,36)(H2,32,33,34,35)/t23?,25-/m0/s1. The molecule has 4 rings (SSSR count). The van der Waals surface area contributed by atoms with Gasteiger partial charge in [-0.25, -0.2) is 4.98 Å². The zero-order chi connectivity index (χ0) is 27.6. The Morgan fingerprint density at radius 3 is 2.72 bits per heavy atom. The molecule has 10 heteroatoms. The third-order valence-electron chi connectivity index (χ3n) is 6.10. The van der Waals surface area contributed by atoms with E-state index in [9.17, 15) is 10.1 Å². The summed E-state index contributed by atoms with van der Waals surface area (Å²) in [4.78, 5) is 23.5. The maximum absolute atomic E-state index is 13.2. The molecule has 0 radical (unpaired) electrons. The summed E-state index contributed by atoms with van der Waals surface area (Å²) >= 11 is 1.47. The first kappa shape index (κ1) is 28.2. The number of carbonyl (C=O) groups excluding carboxylic acids is 1. The molecule has 0 spiro atoms. The number of amides is 1. The monoisotopic (exact) mass is 546 g/mol. The van der Waals surface area contributed by atoms with Crippen LogP contribution in [0.3, 0.4) is 0 Å². The second-order valence-corrected chi connectivity index (χ2v) is 10.8. The van der Waals surface area contributed by atoms with Crippen LogP contribution in [0.1, 0.15) is 38.7 Å². The molecule has 3 N–H and O–H groups in total. The van der Waals surface area contributed by atoms with E-state index in [-0.39, 0.29) is 17.9 Å². The molecule has 1 saturated heterocycles. The quantitative estimate of drug-likeness (QED) is 0.257. The first-order chi connectivity index (χ1) is 18.9. The zero-order valence-corrected chi connectivity index (χ0v) is 23.3. The van der Waals surface area contributed by atoms with Crippen LogP contribution in [0.4, 0.5) is 17.5 Å². The van der Waals surface area contributed by atoms with Gasteiger partial charge in [0.15, 0.2) is 0 Å².